The van der Waals surface area contributed by atoms with Crippen LogP contribution >= 0.6 is 12.0 Å². The van der Waals surface area contributed by atoms with Crippen molar-refractivity contribution in [3.05, 3.63) is 76.6 Å². The number of benzene rings is 2. The first-order valence-corrected chi connectivity index (χ1v) is 10.5. The third-order valence-electron chi connectivity index (χ3n) is 5.13. The van der Waals surface area contributed by atoms with Gasteiger partial charge in [0.15, 0.2) is 0 Å². The molecule has 2 aromatic carbocycles. The van der Waals surface area contributed by atoms with Crippen LogP contribution in [0, 0.1) is 6.92 Å². The number of carbonyl (C=O) groups excluding carboxylic acids is 1. The Hall–Kier alpha value is -3.11. The normalized spacial score (nSPS) is 13.6. The van der Waals surface area contributed by atoms with Crippen molar-refractivity contribution in [2.75, 3.05) is 16.8 Å². The molecule has 0 bridgehead atoms. The number of hydrogen-bond donors (Lipinski definition) is 2. The van der Waals surface area contributed by atoms with Crippen molar-refractivity contribution >= 4 is 29.3 Å². The lowest BCUT2D eigenvalue weighted by atomic mass is 10.0. The van der Waals surface area contributed by atoms with Gasteiger partial charge in [0, 0.05) is 48.2 Å². The molecule has 0 aliphatic carbocycles. The van der Waals surface area contributed by atoms with Gasteiger partial charge < -0.3 is 14.8 Å². The summed E-state index contributed by atoms with van der Waals surface area (Å²) < 4.78 is 48.0. The minimum atomic E-state index is -4.48. The molecule has 32 heavy (non-hydrogen) atoms. The molecule has 2 N–H and O–H groups in total. The summed E-state index contributed by atoms with van der Waals surface area (Å²) in [5, 5.41) is 2.86. The number of alkyl halides is 3. The van der Waals surface area contributed by atoms with Crippen molar-refractivity contribution in [2.45, 2.75) is 31.2 Å². The molecule has 0 atom stereocenters. The number of nitrogens with one attached hydrogen (secondary N) is 1. The zero-order chi connectivity index (χ0) is 22.9. The number of aryl methyl sites for hydroxylation is 1. The zero-order valence-electron chi connectivity index (χ0n) is 17.0. The number of aromatic nitrogens is 2. The van der Waals surface area contributed by atoms with Crippen molar-refractivity contribution in [1.29, 1.82) is 0 Å². The molecule has 166 valence electrons. The van der Waals surface area contributed by atoms with Crippen LogP contribution in [0.25, 0.3) is 0 Å². The standard InChI is InChI=1S/C22H19F3N4O2S/c1-13-7-14(20(30)27-17-4-2-3-16(10-17)22(23,24)25)9-18(8-13)29-6-5-19-15(12-29)11-26-21(28-19)32-31/h2-4,7-11,31H,5-6,12H2,1H3,(H,27,30). The van der Waals surface area contributed by atoms with Gasteiger partial charge in [0.1, 0.15) is 0 Å². The molecule has 0 unspecified atom stereocenters. The van der Waals surface area contributed by atoms with Gasteiger partial charge in [-0.25, -0.2) is 9.97 Å². The molecule has 0 radical (unpaired) electrons. The highest BCUT2D eigenvalue weighted by Gasteiger charge is 2.30. The van der Waals surface area contributed by atoms with Crippen LogP contribution in [0.2, 0.25) is 0 Å². The van der Waals surface area contributed by atoms with Gasteiger partial charge in [-0.15, -0.1) is 0 Å². The number of halogens is 3. The Morgan fingerprint density at radius 3 is 2.78 bits per heavy atom. The summed E-state index contributed by atoms with van der Waals surface area (Å²) in [5.41, 5.74) is 3.10. The van der Waals surface area contributed by atoms with E-state index in [1.165, 1.54) is 12.1 Å². The van der Waals surface area contributed by atoms with Crippen molar-refractivity contribution in [1.82, 2.24) is 9.97 Å². The molecule has 1 amide bonds. The molecule has 0 saturated carbocycles. The fourth-order valence-electron chi connectivity index (χ4n) is 3.62. The highest BCUT2D eigenvalue weighted by atomic mass is 32.2. The van der Waals surface area contributed by atoms with Crippen molar-refractivity contribution in [2.24, 2.45) is 0 Å². The minimum Gasteiger partial charge on any atom is -0.367 e. The lowest BCUT2D eigenvalue weighted by molar-refractivity contribution is -0.137. The molecule has 0 spiro atoms. The fraction of sp³-hybridized carbons (Fsp3) is 0.227. The first-order chi connectivity index (χ1) is 15.2. The molecule has 10 heteroatoms. The van der Waals surface area contributed by atoms with Gasteiger partial charge >= 0.3 is 6.18 Å². The molecule has 1 aromatic heterocycles. The third kappa shape index (κ3) is 4.86. The number of rotatable bonds is 4. The number of anilines is 2. The minimum absolute atomic E-state index is 0.0782. The van der Waals surface area contributed by atoms with E-state index in [0.29, 0.717) is 42.3 Å². The summed E-state index contributed by atoms with van der Waals surface area (Å²) in [6.07, 6.45) is -2.14. The Balaban J connectivity index is 1.54. The zero-order valence-corrected chi connectivity index (χ0v) is 17.8. The molecule has 4 rings (SSSR count). The van der Waals surface area contributed by atoms with Gasteiger partial charge in [0.05, 0.1) is 23.3 Å². The largest absolute Gasteiger partial charge is 0.416 e. The molecule has 2 heterocycles. The van der Waals surface area contributed by atoms with E-state index in [1.54, 1.807) is 18.3 Å². The van der Waals surface area contributed by atoms with E-state index in [0.717, 1.165) is 34.6 Å². The van der Waals surface area contributed by atoms with E-state index in [1.807, 2.05) is 13.0 Å². The molecule has 0 saturated heterocycles. The molecular formula is C22H19F3N4O2S. The predicted octanol–water partition coefficient (Wildman–Crippen LogP) is 5.18. The van der Waals surface area contributed by atoms with Crippen molar-refractivity contribution in [3.63, 3.8) is 0 Å². The quantitative estimate of drug-likeness (QED) is 0.413. The van der Waals surface area contributed by atoms with E-state index in [9.17, 15) is 18.0 Å². The van der Waals surface area contributed by atoms with Crippen molar-refractivity contribution < 1.29 is 22.5 Å². The topological polar surface area (TPSA) is 78.4 Å². The SMILES string of the molecule is Cc1cc(C(=O)Nc2cccc(C(F)(F)F)c2)cc(N2CCc3nc(SO)ncc3C2)c1. The van der Waals surface area contributed by atoms with Crippen LogP contribution in [0.3, 0.4) is 0 Å². The maximum Gasteiger partial charge on any atom is 0.416 e. The second-order valence-electron chi connectivity index (χ2n) is 7.48. The second kappa shape index (κ2) is 8.79. The first kappa shape index (κ1) is 22.1. The predicted molar refractivity (Wildman–Crippen MR) is 116 cm³/mol. The monoisotopic (exact) mass is 460 g/mol. The summed E-state index contributed by atoms with van der Waals surface area (Å²) in [4.78, 5) is 23.3. The molecular weight excluding hydrogens is 441 g/mol. The van der Waals surface area contributed by atoms with Crippen LogP contribution in [0.1, 0.15) is 32.7 Å². The van der Waals surface area contributed by atoms with Gasteiger partial charge in [0.2, 0.25) is 5.16 Å². The van der Waals surface area contributed by atoms with Crippen LogP contribution in [-0.4, -0.2) is 27.0 Å². The van der Waals surface area contributed by atoms with E-state index in [-0.39, 0.29) is 5.69 Å². The lowest BCUT2D eigenvalue weighted by Crippen LogP contribution is -2.31. The van der Waals surface area contributed by atoms with Gasteiger partial charge in [-0.1, -0.05) is 6.07 Å². The third-order valence-corrected chi connectivity index (χ3v) is 5.49. The second-order valence-corrected chi connectivity index (χ2v) is 8.02. The molecule has 1 aliphatic rings. The van der Waals surface area contributed by atoms with Crippen LogP contribution in [0.5, 0.6) is 0 Å². The highest BCUT2D eigenvalue weighted by molar-refractivity contribution is 7.93. The smallest absolute Gasteiger partial charge is 0.367 e. The van der Waals surface area contributed by atoms with E-state index in [4.69, 9.17) is 4.55 Å². The number of fused-ring (bicyclic) bond motifs is 1. The Bertz CT molecular complexity index is 1170. The highest BCUT2D eigenvalue weighted by Crippen LogP contribution is 2.31. The van der Waals surface area contributed by atoms with Crippen molar-refractivity contribution in [3.8, 4) is 0 Å². The fourth-order valence-corrected chi connectivity index (χ4v) is 3.87. The van der Waals surface area contributed by atoms with E-state index < -0.39 is 17.6 Å². The molecule has 3 aromatic rings. The Morgan fingerprint density at radius 1 is 1.22 bits per heavy atom. The Labute approximate surface area is 186 Å². The number of hydrogen-bond acceptors (Lipinski definition) is 6. The lowest BCUT2D eigenvalue weighted by Gasteiger charge is -2.30. The first-order valence-electron chi connectivity index (χ1n) is 9.74. The number of amides is 1. The molecule has 6 nitrogen and oxygen atoms in total. The van der Waals surface area contributed by atoms with Gasteiger partial charge in [0.25, 0.3) is 5.91 Å². The average molecular weight is 460 g/mol. The van der Waals surface area contributed by atoms with Crippen LogP contribution in [0.4, 0.5) is 24.5 Å². The van der Waals surface area contributed by atoms with Crippen LogP contribution < -0.4 is 10.2 Å². The number of nitrogens with zero attached hydrogens (tertiary/aromatic N) is 3. The summed E-state index contributed by atoms with van der Waals surface area (Å²) in [6.45, 7) is 3.07. The van der Waals surface area contributed by atoms with Crippen LogP contribution in [0.15, 0.2) is 53.8 Å². The summed E-state index contributed by atoms with van der Waals surface area (Å²) in [5.74, 6) is -0.486. The van der Waals surface area contributed by atoms with Gasteiger partial charge in [-0.3, -0.25) is 4.79 Å². The summed E-state index contributed by atoms with van der Waals surface area (Å²) >= 11 is 0.506. The Morgan fingerprint density at radius 2 is 2.03 bits per heavy atom. The summed E-state index contributed by atoms with van der Waals surface area (Å²) in [7, 11) is 0. The average Bonchev–Trinajstić information content (AvgIpc) is 2.77. The van der Waals surface area contributed by atoms with Gasteiger partial charge in [-0.2, -0.15) is 13.2 Å². The van der Waals surface area contributed by atoms with E-state index >= 15 is 0 Å². The molecule has 1 aliphatic heterocycles. The number of carbonyl (C=O) groups is 1. The van der Waals surface area contributed by atoms with Crippen LogP contribution in [-0.2, 0) is 19.1 Å². The summed E-state index contributed by atoms with van der Waals surface area (Å²) in [6, 6.07) is 9.91. The molecule has 0 fully saturated rings. The Kier molecular flexibility index (Phi) is 6.07. The maximum absolute atomic E-state index is 12.9. The van der Waals surface area contributed by atoms with E-state index in [2.05, 4.69) is 20.2 Å². The maximum atomic E-state index is 12.9. The van der Waals surface area contributed by atoms with Gasteiger partial charge in [-0.05, 0) is 48.9 Å².